The van der Waals surface area contributed by atoms with E-state index in [0.29, 0.717) is 17.3 Å². The number of hydrogen-bond donors (Lipinski definition) is 0. The van der Waals surface area contributed by atoms with Crippen molar-refractivity contribution in [2.75, 3.05) is 20.8 Å². The van der Waals surface area contributed by atoms with E-state index < -0.39 is 24.5 Å². The van der Waals surface area contributed by atoms with Crippen molar-refractivity contribution in [3.8, 4) is 11.5 Å². The van der Waals surface area contributed by atoms with Gasteiger partial charge < -0.3 is 23.0 Å². The number of carbonyl (C=O) groups is 2. The molecule has 2 aromatic heterocycles. The number of amides is 1. The van der Waals surface area contributed by atoms with Crippen LogP contribution in [0.5, 0.6) is 11.5 Å². The summed E-state index contributed by atoms with van der Waals surface area (Å²) in [6.45, 7) is -0.467. The van der Waals surface area contributed by atoms with Crippen LogP contribution >= 0.6 is 0 Å². The van der Waals surface area contributed by atoms with Gasteiger partial charge in [0.05, 0.1) is 38.0 Å². The van der Waals surface area contributed by atoms with Gasteiger partial charge in [-0.1, -0.05) is 0 Å². The Morgan fingerprint density at radius 1 is 1.08 bits per heavy atom. The Morgan fingerprint density at radius 3 is 2.61 bits per heavy atom. The number of nitrogens with zero attached hydrogens (tertiary/aromatic N) is 2. The third kappa shape index (κ3) is 4.51. The first kappa shape index (κ1) is 23.5. The van der Waals surface area contributed by atoms with Crippen LogP contribution in [-0.2, 0) is 9.53 Å². The van der Waals surface area contributed by atoms with Crippen molar-refractivity contribution in [1.29, 1.82) is 0 Å². The first-order valence-corrected chi connectivity index (χ1v) is 11.7. The lowest BCUT2D eigenvalue weighted by molar-refractivity contribution is -0.137. The van der Waals surface area contributed by atoms with Crippen LogP contribution in [-0.4, -0.2) is 43.4 Å². The second-order valence-corrected chi connectivity index (χ2v) is 8.51. The first-order valence-electron chi connectivity index (χ1n) is 11.7. The molecule has 1 saturated carbocycles. The van der Waals surface area contributed by atoms with Gasteiger partial charge in [-0.15, -0.1) is 0 Å². The smallest absolute Gasteiger partial charge is 0.338 e. The van der Waals surface area contributed by atoms with E-state index in [-0.39, 0.29) is 11.5 Å². The highest BCUT2D eigenvalue weighted by molar-refractivity contribution is 6.08. The molecule has 1 fully saturated rings. The third-order valence-corrected chi connectivity index (χ3v) is 6.40. The molecular formula is C27H26N2O7. The summed E-state index contributed by atoms with van der Waals surface area (Å²) in [7, 11) is 2.99. The van der Waals surface area contributed by atoms with E-state index in [1.54, 1.807) is 30.7 Å². The minimum atomic E-state index is -0.651. The zero-order chi connectivity index (χ0) is 25.1. The number of fused-ring (bicyclic) bond motifs is 1. The minimum Gasteiger partial charge on any atom is -0.493 e. The van der Waals surface area contributed by atoms with Crippen molar-refractivity contribution >= 4 is 23.7 Å². The van der Waals surface area contributed by atoms with Crippen LogP contribution in [0.2, 0.25) is 0 Å². The Morgan fingerprint density at radius 2 is 1.89 bits per heavy atom. The van der Waals surface area contributed by atoms with Crippen LogP contribution < -0.4 is 9.47 Å². The molecule has 2 atom stereocenters. The number of esters is 1. The van der Waals surface area contributed by atoms with E-state index in [4.69, 9.17) is 28.1 Å². The maximum atomic E-state index is 13.3. The van der Waals surface area contributed by atoms with E-state index in [0.717, 1.165) is 36.3 Å². The summed E-state index contributed by atoms with van der Waals surface area (Å²) >= 11 is 0. The SMILES string of the molecule is COc1ccc(C(=O)OCC(=O)N2N=C3/C(=C/c4ccco4)CCCC3C2c2ccco2)cc1OC. The molecule has 186 valence electrons. The lowest BCUT2D eigenvalue weighted by Crippen LogP contribution is -2.34. The first-order chi connectivity index (χ1) is 17.6. The Balaban J connectivity index is 1.37. The van der Waals surface area contributed by atoms with Gasteiger partial charge in [0.1, 0.15) is 17.6 Å². The average Bonchev–Trinajstić information content (AvgIpc) is 3.68. The van der Waals surface area contributed by atoms with Gasteiger partial charge >= 0.3 is 5.97 Å². The number of rotatable bonds is 7. The van der Waals surface area contributed by atoms with Gasteiger partial charge in [-0.05, 0) is 73.4 Å². The largest absolute Gasteiger partial charge is 0.493 e. The topological polar surface area (TPSA) is 104 Å². The third-order valence-electron chi connectivity index (χ3n) is 6.40. The molecule has 9 nitrogen and oxygen atoms in total. The maximum absolute atomic E-state index is 13.3. The molecule has 1 amide bonds. The molecule has 0 spiro atoms. The summed E-state index contributed by atoms with van der Waals surface area (Å²) in [6.07, 6.45) is 7.80. The van der Waals surface area contributed by atoms with Crippen LogP contribution in [0.1, 0.15) is 47.2 Å². The summed E-state index contributed by atoms with van der Waals surface area (Å²) in [5, 5.41) is 6.10. The molecule has 0 radical (unpaired) electrons. The molecule has 0 saturated heterocycles. The number of furan rings is 2. The van der Waals surface area contributed by atoms with Crippen LogP contribution in [0, 0.1) is 5.92 Å². The summed E-state index contributed by atoms with van der Waals surface area (Å²) in [4.78, 5) is 26.0. The van der Waals surface area contributed by atoms with Gasteiger partial charge in [0.2, 0.25) is 0 Å². The summed E-state index contributed by atoms with van der Waals surface area (Å²) in [6, 6.07) is 11.6. The Bertz CT molecular complexity index is 1290. The second kappa shape index (κ2) is 10.2. The van der Waals surface area contributed by atoms with Gasteiger partial charge in [-0.3, -0.25) is 4.79 Å². The number of hydrazone groups is 1. The molecule has 1 aliphatic heterocycles. The van der Waals surface area contributed by atoms with Gasteiger partial charge in [0.15, 0.2) is 18.1 Å². The van der Waals surface area contributed by atoms with Crippen LogP contribution in [0.3, 0.4) is 0 Å². The predicted octanol–water partition coefficient (Wildman–Crippen LogP) is 4.87. The van der Waals surface area contributed by atoms with E-state index >= 15 is 0 Å². The highest BCUT2D eigenvalue weighted by atomic mass is 16.5. The van der Waals surface area contributed by atoms with Gasteiger partial charge in [-0.2, -0.15) is 5.10 Å². The number of methoxy groups -OCH3 is 2. The average molecular weight is 491 g/mol. The zero-order valence-electron chi connectivity index (χ0n) is 20.0. The number of carbonyl (C=O) groups excluding carboxylic acids is 2. The van der Waals surface area contributed by atoms with E-state index in [9.17, 15) is 9.59 Å². The van der Waals surface area contributed by atoms with Crippen molar-refractivity contribution in [1.82, 2.24) is 5.01 Å². The Kier molecular flexibility index (Phi) is 6.62. The van der Waals surface area contributed by atoms with E-state index in [2.05, 4.69) is 0 Å². The molecule has 1 aromatic carbocycles. The lowest BCUT2D eigenvalue weighted by atomic mass is 9.79. The van der Waals surface area contributed by atoms with Crippen LogP contribution in [0.25, 0.3) is 6.08 Å². The van der Waals surface area contributed by atoms with Gasteiger partial charge in [0.25, 0.3) is 5.91 Å². The highest BCUT2D eigenvalue weighted by Gasteiger charge is 2.45. The second-order valence-electron chi connectivity index (χ2n) is 8.51. The number of ether oxygens (including phenoxy) is 3. The monoisotopic (exact) mass is 490 g/mol. The fourth-order valence-corrected chi connectivity index (χ4v) is 4.73. The summed E-state index contributed by atoms with van der Waals surface area (Å²) in [5.41, 5.74) is 2.10. The molecule has 0 bridgehead atoms. The molecular weight excluding hydrogens is 464 g/mol. The summed E-state index contributed by atoms with van der Waals surface area (Å²) < 4.78 is 27.0. The lowest BCUT2D eigenvalue weighted by Gasteiger charge is -2.27. The van der Waals surface area contributed by atoms with Crippen LogP contribution in [0.15, 0.2) is 74.5 Å². The van der Waals surface area contributed by atoms with Crippen molar-refractivity contribution in [3.05, 3.63) is 77.6 Å². The molecule has 1 aliphatic carbocycles. The molecule has 2 aliphatic rings. The summed E-state index contributed by atoms with van der Waals surface area (Å²) in [5.74, 6) is 1.12. The zero-order valence-corrected chi connectivity index (χ0v) is 20.0. The fourth-order valence-electron chi connectivity index (χ4n) is 4.73. The van der Waals surface area contributed by atoms with Crippen molar-refractivity contribution in [2.45, 2.75) is 25.3 Å². The molecule has 3 heterocycles. The number of allylic oxidation sites excluding steroid dienone is 1. The standard InChI is InChI=1S/C27H26N2O7/c1-32-21-11-10-18(15-23(21)33-2)27(31)36-16-24(30)29-26(22-9-5-13-35-22)20-8-3-6-17(25(20)28-29)14-19-7-4-12-34-19/h4-5,7,9-15,20,26H,3,6,8,16H2,1-2H3/b17-14+. The predicted molar refractivity (Wildman–Crippen MR) is 130 cm³/mol. The quantitative estimate of drug-likeness (QED) is 0.435. The normalized spacial score (nSPS) is 20.1. The maximum Gasteiger partial charge on any atom is 0.338 e. The Labute approximate surface area is 207 Å². The van der Waals surface area contributed by atoms with Crippen molar-refractivity contribution < 1.29 is 32.6 Å². The Hall–Kier alpha value is -4.27. The molecule has 3 aromatic rings. The van der Waals surface area contributed by atoms with Crippen molar-refractivity contribution in [3.63, 3.8) is 0 Å². The highest BCUT2D eigenvalue weighted by Crippen LogP contribution is 2.44. The van der Waals surface area contributed by atoms with Crippen LogP contribution in [0.4, 0.5) is 0 Å². The van der Waals surface area contributed by atoms with Crippen molar-refractivity contribution in [2.24, 2.45) is 11.0 Å². The number of benzene rings is 1. The number of hydrogen-bond acceptors (Lipinski definition) is 8. The minimum absolute atomic E-state index is 0.0309. The van der Waals surface area contributed by atoms with E-state index in [1.807, 2.05) is 24.3 Å². The van der Waals surface area contributed by atoms with Gasteiger partial charge in [-0.25, -0.2) is 9.80 Å². The molecule has 9 heteroatoms. The van der Waals surface area contributed by atoms with Gasteiger partial charge in [0, 0.05) is 5.92 Å². The molecule has 36 heavy (non-hydrogen) atoms. The van der Waals surface area contributed by atoms with E-state index in [1.165, 1.54) is 25.3 Å². The molecule has 2 unspecified atom stereocenters. The molecule has 5 rings (SSSR count). The fraction of sp³-hybridized carbons (Fsp3) is 0.296. The molecule has 0 N–H and O–H groups in total.